The van der Waals surface area contributed by atoms with Gasteiger partial charge in [0.25, 0.3) is 5.56 Å². The average molecular weight is 269 g/mol. The van der Waals surface area contributed by atoms with Crippen LogP contribution in [0.2, 0.25) is 0 Å². The van der Waals surface area contributed by atoms with Gasteiger partial charge in [0.05, 0.1) is 18.6 Å². The minimum absolute atomic E-state index is 0.108. The predicted molar refractivity (Wildman–Crippen MR) is 64.6 cm³/mol. The van der Waals surface area contributed by atoms with E-state index in [1.165, 1.54) is 18.9 Å². The number of nitrogens with one attached hydrogen (secondary N) is 2. The summed E-state index contributed by atoms with van der Waals surface area (Å²) in [6.45, 7) is 0. The zero-order valence-electron chi connectivity index (χ0n) is 9.77. The number of methoxy groups -OCH3 is 1. The van der Waals surface area contributed by atoms with Crippen LogP contribution in [0, 0.1) is 0 Å². The summed E-state index contributed by atoms with van der Waals surface area (Å²) < 4.78 is 4.60. The first-order chi connectivity index (χ1) is 8.56. The molecule has 18 heavy (non-hydrogen) atoms. The van der Waals surface area contributed by atoms with E-state index < -0.39 is 17.4 Å². The molecule has 0 radical (unpaired) electrons. The first-order valence-corrected chi connectivity index (χ1v) is 6.35. The molecule has 2 heterocycles. The van der Waals surface area contributed by atoms with E-state index >= 15 is 0 Å². The van der Waals surface area contributed by atoms with Crippen molar-refractivity contribution in [1.29, 1.82) is 0 Å². The minimum atomic E-state index is -0.897. The van der Waals surface area contributed by atoms with Crippen molar-refractivity contribution in [2.24, 2.45) is 0 Å². The van der Waals surface area contributed by atoms with Gasteiger partial charge in [-0.3, -0.25) is 14.4 Å². The number of esters is 1. The van der Waals surface area contributed by atoms with Crippen molar-refractivity contribution in [3.63, 3.8) is 0 Å². The smallest absolute Gasteiger partial charge is 0.314 e. The minimum Gasteiger partial charge on any atom is -0.469 e. The summed E-state index contributed by atoms with van der Waals surface area (Å²) in [7, 11) is 1.21. The SMILES string of the molecule is COC(=O)C1CC(=O)Nc2nc(SC)[nH]c(=O)c21. The first-order valence-electron chi connectivity index (χ1n) is 5.12. The standard InChI is InChI=1S/C10H11N3O4S/c1-17-9(16)4-3-5(14)11-7-6(4)8(15)13-10(12-7)18-2/h4H,3H2,1-2H3,(H2,11,12,13,14,15). The molecule has 0 bridgehead atoms. The van der Waals surface area contributed by atoms with Crippen molar-refractivity contribution in [2.45, 2.75) is 17.5 Å². The Kier molecular flexibility index (Phi) is 3.37. The Bertz CT molecular complexity index is 569. The predicted octanol–water partition coefficient (Wildman–Crippen LogP) is 0.0906. The van der Waals surface area contributed by atoms with Gasteiger partial charge < -0.3 is 15.0 Å². The second kappa shape index (κ2) is 4.81. The third kappa shape index (κ3) is 2.10. The number of thioether (sulfide) groups is 1. The summed E-state index contributed by atoms with van der Waals surface area (Å²) in [5.74, 6) is -1.74. The van der Waals surface area contributed by atoms with Gasteiger partial charge in [0, 0.05) is 6.42 Å². The Hall–Kier alpha value is -1.83. The number of aromatic amines is 1. The van der Waals surface area contributed by atoms with Crippen molar-refractivity contribution in [3.8, 4) is 0 Å². The van der Waals surface area contributed by atoms with Gasteiger partial charge in [-0.05, 0) is 6.26 Å². The summed E-state index contributed by atoms with van der Waals surface area (Å²) >= 11 is 1.24. The van der Waals surface area contributed by atoms with Crippen molar-refractivity contribution in [2.75, 3.05) is 18.7 Å². The molecular weight excluding hydrogens is 258 g/mol. The number of anilines is 1. The molecular formula is C10H11N3O4S. The van der Waals surface area contributed by atoms with E-state index in [1.807, 2.05) is 0 Å². The monoisotopic (exact) mass is 269 g/mol. The van der Waals surface area contributed by atoms with Crippen LogP contribution in [0.1, 0.15) is 17.9 Å². The van der Waals surface area contributed by atoms with Crippen LogP contribution in [0.4, 0.5) is 5.82 Å². The Morgan fingerprint density at radius 3 is 2.83 bits per heavy atom. The number of hydrogen-bond acceptors (Lipinski definition) is 6. The van der Waals surface area contributed by atoms with Gasteiger partial charge in [0.2, 0.25) is 5.91 Å². The maximum atomic E-state index is 11.9. The second-order valence-electron chi connectivity index (χ2n) is 3.67. The molecule has 8 heteroatoms. The molecule has 1 amide bonds. The van der Waals surface area contributed by atoms with Crippen molar-refractivity contribution in [1.82, 2.24) is 9.97 Å². The fourth-order valence-electron chi connectivity index (χ4n) is 1.79. The van der Waals surface area contributed by atoms with E-state index in [9.17, 15) is 14.4 Å². The highest BCUT2D eigenvalue weighted by Gasteiger charge is 2.35. The van der Waals surface area contributed by atoms with Crippen LogP contribution in [0.5, 0.6) is 0 Å². The van der Waals surface area contributed by atoms with Gasteiger partial charge in [0.15, 0.2) is 5.16 Å². The molecule has 0 saturated carbocycles. The molecule has 7 nitrogen and oxygen atoms in total. The molecule has 0 aliphatic carbocycles. The molecule has 0 saturated heterocycles. The van der Waals surface area contributed by atoms with Gasteiger partial charge in [-0.25, -0.2) is 4.98 Å². The summed E-state index contributed by atoms with van der Waals surface area (Å²) in [6, 6.07) is 0. The van der Waals surface area contributed by atoms with E-state index in [0.717, 1.165) is 0 Å². The van der Waals surface area contributed by atoms with Gasteiger partial charge in [-0.2, -0.15) is 0 Å². The van der Waals surface area contributed by atoms with E-state index in [0.29, 0.717) is 5.16 Å². The molecule has 0 fully saturated rings. The van der Waals surface area contributed by atoms with Crippen LogP contribution < -0.4 is 10.9 Å². The molecule has 0 spiro atoms. The molecule has 1 aliphatic rings. The molecule has 2 N–H and O–H groups in total. The normalized spacial score (nSPS) is 17.9. The lowest BCUT2D eigenvalue weighted by molar-refractivity contribution is -0.144. The van der Waals surface area contributed by atoms with E-state index in [4.69, 9.17) is 0 Å². The summed E-state index contributed by atoms with van der Waals surface area (Å²) in [5, 5.41) is 2.87. The third-order valence-electron chi connectivity index (χ3n) is 2.61. The van der Waals surface area contributed by atoms with Crippen LogP contribution in [0.3, 0.4) is 0 Å². The summed E-state index contributed by atoms with van der Waals surface area (Å²) in [4.78, 5) is 41.6. The number of fused-ring (bicyclic) bond motifs is 1. The Morgan fingerprint density at radius 2 is 2.22 bits per heavy atom. The number of carbonyl (C=O) groups is 2. The molecule has 2 rings (SSSR count). The molecule has 1 atom stereocenters. The van der Waals surface area contributed by atoms with Crippen molar-refractivity contribution in [3.05, 3.63) is 15.9 Å². The Labute approximate surface area is 106 Å². The second-order valence-corrected chi connectivity index (χ2v) is 4.46. The number of H-pyrrole nitrogens is 1. The molecule has 0 aromatic carbocycles. The van der Waals surface area contributed by atoms with E-state index in [2.05, 4.69) is 20.0 Å². The zero-order chi connectivity index (χ0) is 13.3. The van der Waals surface area contributed by atoms with Crippen LogP contribution in [-0.2, 0) is 14.3 Å². The number of ether oxygens (including phenoxy) is 1. The number of hydrogen-bond donors (Lipinski definition) is 2. The maximum Gasteiger partial charge on any atom is 0.314 e. The molecule has 1 aromatic rings. The molecule has 96 valence electrons. The number of amides is 1. The van der Waals surface area contributed by atoms with Crippen LogP contribution in [-0.4, -0.2) is 35.2 Å². The third-order valence-corrected chi connectivity index (χ3v) is 3.19. The fraction of sp³-hybridized carbons (Fsp3) is 0.400. The highest BCUT2D eigenvalue weighted by atomic mass is 32.2. The van der Waals surface area contributed by atoms with Crippen molar-refractivity contribution < 1.29 is 14.3 Å². The zero-order valence-corrected chi connectivity index (χ0v) is 10.6. The number of nitrogens with zero attached hydrogens (tertiary/aromatic N) is 1. The maximum absolute atomic E-state index is 11.9. The van der Waals surface area contributed by atoms with Gasteiger partial charge in [0.1, 0.15) is 5.82 Å². The number of aromatic nitrogens is 2. The number of rotatable bonds is 2. The number of carbonyl (C=O) groups excluding carboxylic acids is 2. The van der Waals surface area contributed by atoms with Gasteiger partial charge >= 0.3 is 5.97 Å². The van der Waals surface area contributed by atoms with Crippen molar-refractivity contribution >= 4 is 29.5 Å². The molecule has 1 unspecified atom stereocenters. The van der Waals surface area contributed by atoms with Crippen LogP contribution in [0.25, 0.3) is 0 Å². The summed E-state index contributed by atoms with van der Waals surface area (Å²) in [6.07, 6.45) is 1.64. The Balaban J connectivity index is 2.58. The van der Waals surface area contributed by atoms with Gasteiger partial charge in [-0.1, -0.05) is 11.8 Å². The fourth-order valence-corrected chi connectivity index (χ4v) is 2.17. The lowest BCUT2D eigenvalue weighted by Crippen LogP contribution is -2.34. The largest absolute Gasteiger partial charge is 0.469 e. The lowest BCUT2D eigenvalue weighted by Gasteiger charge is -2.21. The first kappa shape index (κ1) is 12.6. The average Bonchev–Trinajstić information content (AvgIpc) is 2.35. The topological polar surface area (TPSA) is 101 Å². The van der Waals surface area contributed by atoms with Gasteiger partial charge in [-0.15, -0.1) is 0 Å². The van der Waals surface area contributed by atoms with Crippen LogP contribution >= 0.6 is 11.8 Å². The quantitative estimate of drug-likeness (QED) is 0.448. The molecule has 1 aromatic heterocycles. The van der Waals surface area contributed by atoms with E-state index in [-0.39, 0.29) is 23.7 Å². The van der Waals surface area contributed by atoms with Crippen LogP contribution in [0.15, 0.2) is 9.95 Å². The lowest BCUT2D eigenvalue weighted by atomic mass is 9.94. The highest BCUT2D eigenvalue weighted by molar-refractivity contribution is 7.98. The Morgan fingerprint density at radius 1 is 1.50 bits per heavy atom. The summed E-state index contributed by atoms with van der Waals surface area (Å²) in [5.41, 5.74) is -0.279. The highest BCUT2D eigenvalue weighted by Crippen LogP contribution is 2.29. The molecule has 1 aliphatic heterocycles. The van der Waals surface area contributed by atoms with E-state index in [1.54, 1.807) is 6.26 Å².